The van der Waals surface area contributed by atoms with Gasteiger partial charge >= 0.3 is 0 Å². The predicted molar refractivity (Wildman–Crippen MR) is 85.4 cm³/mol. The Hall–Kier alpha value is 1.55. The van der Waals surface area contributed by atoms with E-state index < -0.39 is 0 Å². The average Bonchev–Trinajstić information content (AvgIpc) is 2.30. The third kappa shape index (κ3) is 13.8. The van der Waals surface area contributed by atoms with Crippen LogP contribution in [0.4, 0.5) is 0 Å². The van der Waals surface area contributed by atoms with Crippen LogP contribution in [0.3, 0.4) is 0 Å². The standard InChI is InChI=1S/C10H20Cl2O2S3/c11-1-3-15-5-9(13)7-17-8-10(14)6-16-4-2-12/h9-10,13-14H,1-8H2. The summed E-state index contributed by atoms with van der Waals surface area (Å²) >= 11 is 16.0. The molecular formula is C10H20Cl2O2S3. The molecule has 2 N–H and O–H groups in total. The van der Waals surface area contributed by atoms with E-state index in [2.05, 4.69) is 0 Å². The van der Waals surface area contributed by atoms with Gasteiger partial charge in [0.15, 0.2) is 0 Å². The van der Waals surface area contributed by atoms with E-state index in [1.54, 1.807) is 35.3 Å². The van der Waals surface area contributed by atoms with Gasteiger partial charge < -0.3 is 10.2 Å². The van der Waals surface area contributed by atoms with Crippen molar-refractivity contribution in [3.05, 3.63) is 0 Å². The van der Waals surface area contributed by atoms with E-state index in [0.717, 1.165) is 23.0 Å². The Labute approximate surface area is 127 Å². The van der Waals surface area contributed by atoms with E-state index in [0.29, 0.717) is 23.3 Å². The highest BCUT2D eigenvalue weighted by atomic mass is 35.5. The van der Waals surface area contributed by atoms with Crippen LogP contribution >= 0.6 is 58.5 Å². The second-order valence-corrected chi connectivity index (χ2v) is 7.50. The molecule has 0 heterocycles. The van der Waals surface area contributed by atoms with Crippen molar-refractivity contribution in [3.63, 3.8) is 0 Å². The van der Waals surface area contributed by atoms with E-state index in [4.69, 9.17) is 23.2 Å². The lowest BCUT2D eigenvalue weighted by Gasteiger charge is -2.12. The fourth-order valence-electron chi connectivity index (χ4n) is 0.984. The first kappa shape index (κ1) is 18.6. The molecule has 7 heteroatoms. The third-order valence-corrected chi connectivity index (χ3v) is 5.98. The minimum Gasteiger partial charge on any atom is -0.391 e. The van der Waals surface area contributed by atoms with Gasteiger partial charge in [-0.25, -0.2) is 0 Å². The molecule has 0 saturated carbocycles. The molecule has 0 rings (SSSR count). The number of halogens is 2. The summed E-state index contributed by atoms with van der Waals surface area (Å²) in [5.74, 6) is 5.79. The summed E-state index contributed by atoms with van der Waals surface area (Å²) in [5.41, 5.74) is 0. The Morgan fingerprint density at radius 1 is 0.706 bits per heavy atom. The molecule has 0 aromatic heterocycles. The van der Waals surface area contributed by atoms with E-state index >= 15 is 0 Å². The Bertz CT molecular complexity index is 150. The summed E-state index contributed by atoms with van der Waals surface area (Å²) < 4.78 is 0. The van der Waals surface area contributed by atoms with Crippen LogP contribution in [0, 0.1) is 0 Å². The van der Waals surface area contributed by atoms with E-state index in [1.807, 2.05) is 0 Å². The molecule has 0 aromatic rings. The van der Waals surface area contributed by atoms with Crippen LogP contribution in [0.15, 0.2) is 0 Å². The van der Waals surface area contributed by atoms with Crippen molar-refractivity contribution < 1.29 is 10.2 Å². The molecular weight excluding hydrogens is 319 g/mol. The van der Waals surface area contributed by atoms with Crippen molar-refractivity contribution in [1.29, 1.82) is 0 Å². The van der Waals surface area contributed by atoms with Gasteiger partial charge in [-0.1, -0.05) is 0 Å². The largest absolute Gasteiger partial charge is 0.391 e. The lowest BCUT2D eigenvalue weighted by atomic mass is 10.5. The number of alkyl halides is 2. The first-order valence-corrected chi connectivity index (χ1v) is 9.95. The van der Waals surface area contributed by atoms with Crippen molar-refractivity contribution in [2.45, 2.75) is 12.2 Å². The van der Waals surface area contributed by atoms with Gasteiger partial charge in [-0.15, -0.1) is 23.2 Å². The highest BCUT2D eigenvalue weighted by Gasteiger charge is 2.08. The van der Waals surface area contributed by atoms with Crippen molar-refractivity contribution in [2.24, 2.45) is 0 Å². The zero-order valence-electron chi connectivity index (χ0n) is 9.69. The van der Waals surface area contributed by atoms with E-state index in [9.17, 15) is 10.2 Å². The molecule has 0 aliphatic heterocycles. The van der Waals surface area contributed by atoms with Crippen LogP contribution in [0.1, 0.15) is 0 Å². The Morgan fingerprint density at radius 3 is 1.41 bits per heavy atom. The van der Waals surface area contributed by atoms with Gasteiger partial charge in [-0.2, -0.15) is 35.3 Å². The molecule has 0 amide bonds. The van der Waals surface area contributed by atoms with Gasteiger partial charge in [-0.05, 0) is 0 Å². The lowest BCUT2D eigenvalue weighted by Crippen LogP contribution is -2.18. The average molecular weight is 339 g/mol. The maximum atomic E-state index is 9.61. The molecule has 0 aliphatic carbocycles. The highest BCUT2D eigenvalue weighted by molar-refractivity contribution is 8.00. The quantitative estimate of drug-likeness (QED) is 0.422. The molecule has 2 nitrogen and oxygen atoms in total. The van der Waals surface area contributed by atoms with Gasteiger partial charge in [0.2, 0.25) is 0 Å². The highest BCUT2D eigenvalue weighted by Crippen LogP contribution is 2.12. The van der Waals surface area contributed by atoms with E-state index in [-0.39, 0.29) is 12.2 Å². The molecule has 0 aromatic carbocycles. The van der Waals surface area contributed by atoms with E-state index in [1.165, 1.54) is 0 Å². The Morgan fingerprint density at radius 2 is 1.06 bits per heavy atom. The van der Waals surface area contributed by atoms with Gasteiger partial charge in [0.25, 0.3) is 0 Å². The number of rotatable bonds is 12. The lowest BCUT2D eigenvalue weighted by molar-refractivity contribution is 0.220. The zero-order chi connectivity index (χ0) is 12.9. The number of hydrogen-bond acceptors (Lipinski definition) is 5. The minimum absolute atomic E-state index is 0.309. The first-order chi connectivity index (χ1) is 8.20. The summed E-state index contributed by atoms with van der Waals surface area (Å²) in [6, 6.07) is 0. The second-order valence-electron chi connectivity index (χ2n) is 3.37. The smallest absolute Gasteiger partial charge is 0.0720 e. The molecule has 0 spiro atoms. The third-order valence-electron chi connectivity index (χ3n) is 1.68. The summed E-state index contributed by atoms with van der Waals surface area (Å²) in [6.07, 6.45) is -0.619. The van der Waals surface area contributed by atoms with Gasteiger partial charge in [0.05, 0.1) is 12.2 Å². The normalized spacial score (nSPS) is 14.8. The molecule has 0 fully saturated rings. The monoisotopic (exact) mass is 338 g/mol. The van der Waals surface area contributed by atoms with Gasteiger partial charge in [0, 0.05) is 46.3 Å². The molecule has 0 aliphatic rings. The second kappa shape index (κ2) is 14.0. The van der Waals surface area contributed by atoms with Crippen LogP contribution in [0.5, 0.6) is 0 Å². The summed E-state index contributed by atoms with van der Waals surface area (Å²) in [5, 5.41) is 19.2. The van der Waals surface area contributed by atoms with Crippen molar-refractivity contribution in [3.8, 4) is 0 Å². The van der Waals surface area contributed by atoms with Crippen molar-refractivity contribution in [2.75, 3.05) is 46.3 Å². The topological polar surface area (TPSA) is 40.5 Å². The molecule has 0 bridgehead atoms. The fourth-order valence-corrected chi connectivity index (χ4v) is 4.18. The summed E-state index contributed by atoms with van der Waals surface area (Å²) in [4.78, 5) is 0. The molecule has 2 unspecified atom stereocenters. The summed E-state index contributed by atoms with van der Waals surface area (Å²) in [7, 11) is 0. The molecule has 2 atom stereocenters. The molecule has 104 valence electrons. The Balaban J connectivity index is 3.29. The Kier molecular flexibility index (Phi) is 15.2. The van der Waals surface area contributed by atoms with Crippen molar-refractivity contribution >= 4 is 58.5 Å². The zero-order valence-corrected chi connectivity index (χ0v) is 13.6. The van der Waals surface area contributed by atoms with Crippen molar-refractivity contribution in [1.82, 2.24) is 0 Å². The molecule has 0 saturated heterocycles. The number of thioether (sulfide) groups is 3. The first-order valence-electron chi connectivity index (χ1n) is 5.42. The number of hydrogen-bond donors (Lipinski definition) is 2. The minimum atomic E-state index is -0.309. The van der Waals surface area contributed by atoms with Crippen LogP contribution in [0.25, 0.3) is 0 Å². The van der Waals surface area contributed by atoms with Crippen LogP contribution in [0.2, 0.25) is 0 Å². The maximum absolute atomic E-state index is 9.61. The SMILES string of the molecule is OC(CSCCCl)CSCC(O)CSCCCl. The van der Waals surface area contributed by atoms with Crippen LogP contribution in [-0.4, -0.2) is 68.7 Å². The predicted octanol–water partition coefficient (Wildman–Crippen LogP) is 2.39. The fraction of sp³-hybridized carbons (Fsp3) is 1.00. The molecule has 0 radical (unpaired) electrons. The van der Waals surface area contributed by atoms with Gasteiger partial charge in [0.1, 0.15) is 0 Å². The summed E-state index contributed by atoms with van der Waals surface area (Å²) in [6.45, 7) is 0. The van der Waals surface area contributed by atoms with Gasteiger partial charge in [-0.3, -0.25) is 0 Å². The maximum Gasteiger partial charge on any atom is 0.0720 e. The number of aliphatic hydroxyl groups excluding tert-OH is 2. The van der Waals surface area contributed by atoms with Crippen LogP contribution < -0.4 is 0 Å². The van der Waals surface area contributed by atoms with Crippen LogP contribution in [-0.2, 0) is 0 Å². The number of aliphatic hydroxyl groups is 2. The molecule has 17 heavy (non-hydrogen) atoms.